The minimum Gasteiger partial charge on any atom is -0.378 e. The largest absolute Gasteiger partial charge is 0.378 e. The second-order valence-electron chi connectivity index (χ2n) is 6.33. The van der Waals surface area contributed by atoms with E-state index in [2.05, 4.69) is 33.0 Å². The fourth-order valence-corrected chi connectivity index (χ4v) is 2.87. The first-order chi connectivity index (χ1) is 8.52. The number of hydrogen-bond acceptors (Lipinski definition) is 3. The van der Waals surface area contributed by atoms with Crippen molar-refractivity contribution in [3.8, 4) is 0 Å². The van der Waals surface area contributed by atoms with Crippen LogP contribution in [0.15, 0.2) is 0 Å². The third kappa shape index (κ3) is 4.22. The van der Waals surface area contributed by atoms with Crippen LogP contribution in [0.25, 0.3) is 0 Å². The van der Waals surface area contributed by atoms with Gasteiger partial charge in [0.25, 0.3) is 0 Å². The van der Waals surface area contributed by atoms with E-state index < -0.39 is 0 Å². The van der Waals surface area contributed by atoms with Gasteiger partial charge in [-0.2, -0.15) is 0 Å². The van der Waals surface area contributed by atoms with E-state index >= 15 is 0 Å². The van der Waals surface area contributed by atoms with Crippen LogP contribution >= 0.6 is 0 Å². The van der Waals surface area contributed by atoms with E-state index in [0.717, 1.165) is 32.0 Å². The number of rotatable bonds is 9. The van der Waals surface area contributed by atoms with E-state index in [-0.39, 0.29) is 0 Å². The average Bonchev–Trinajstić information content (AvgIpc) is 2.32. The van der Waals surface area contributed by atoms with Crippen LogP contribution in [0.5, 0.6) is 0 Å². The summed E-state index contributed by atoms with van der Waals surface area (Å²) < 4.78 is 5.75. The van der Waals surface area contributed by atoms with Gasteiger partial charge in [0.15, 0.2) is 0 Å². The van der Waals surface area contributed by atoms with E-state index in [9.17, 15) is 0 Å². The lowest BCUT2D eigenvalue weighted by atomic mass is 9.64. The molecule has 3 N–H and O–H groups in total. The molecule has 18 heavy (non-hydrogen) atoms. The molecule has 0 aromatic heterocycles. The van der Waals surface area contributed by atoms with Crippen LogP contribution in [0.2, 0.25) is 0 Å². The van der Waals surface area contributed by atoms with Gasteiger partial charge in [-0.25, -0.2) is 0 Å². The molecule has 0 aromatic rings. The van der Waals surface area contributed by atoms with Gasteiger partial charge in [-0.3, -0.25) is 0 Å². The van der Waals surface area contributed by atoms with Crippen molar-refractivity contribution in [2.45, 2.75) is 65.5 Å². The minimum atomic E-state index is 0.291. The Bertz CT molecular complexity index is 231. The fraction of sp³-hybridized carbons (Fsp3) is 1.00. The van der Waals surface area contributed by atoms with Crippen LogP contribution in [0.3, 0.4) is 0 Å². The van der Waals surface area contributed by atoms with Gasteiger partial charge in [0, 0.05) is 18.1 Å². The molecule has 1 aliphatic carbocycles. The monoisotopic (exact) mass is 256 g/mol. The predicted octanol–water partition coefficient (Wildman–Crippen LogP) is 2.54. The van der Waals surface area contributed by atoms with Crippen LogP contribution in [0, 0.1) is 11.3 Å². The molecule has 0 spiro atoms. The molecule has 0 bridgehead atoms. The molecule has 1 rings (SSSR count). The Kier molecular flexibility index (Phi) is 6.61. The summed E-state index contributed by atoms with van der Waals surface area (Å²) in [6.07, 6.45) is 5.30. The van der Waals surface area contributed by atoms with E-state index in [4.69, 9.17) is 10.5 Å². The summed E-state index contributed by atoms with van der Waals surface area (Å²) in [5.41, 5.74) is 5.85. The zero-order valence-corrected chi connectivity index (χ0v) is 12.7. The molecule has 1 saturated carbocycles. The summed E-state index contributed by atoms with van der Waals surface area (Å²) in [6, 6.07) is 0.624. The van der Waals surface area contributed by atoms with E-state index in [1.807, 2.05) is 0 Å². The summed E-state index contributed by atoms with van der Waals surface area (Å²) in [4.78, 5) is 0. The smallest absolute Gasteiger partial charge is 0.0655 e. The standard InChI is InChI=1S/C15H32N2O/c1-5-18-14-11-13(15(14,3)4)17-10-6-7-12(2)8-9-16/h12-14,17H,5-11,16H2,1-4H3. The second-order valence-corrected chi connectivity index (χ2v) is 6.33. The van der Waals surface area contributed by atoms with Crippen molar-refractivity contribution < 1.29 is 4.74 Å². The molecular weight excluding hydrogens is 224 g/mol. The van der Waals surface area contributed by atoms with Gasteiger partial charge < -0.3 is 15.8 Å². The Morgan fingerprint density at radius 3 is 2.67 bits per heavy atom. The lowest BCUT2D eigenvalue weighted by molar-refractivity contribution is -0.114. The Balaban J connectivity index is 2.11. The van der Waals surface area contributed by atoms with Crippen molar-refractivity contribution in [3.63, 3.8) is 0 Å². The van der Waals surface area contributed by atoms with Crippen molar-refractivity contribution in [1.82, 2.24) is 5.32 Å². The molecule has 3 atom stereocenters. The van der Waals surface area contributed by atoms with Crippen molar-refractivity contribution in [1.29, 1.82) is 0 Å². The first kappa shape index (κ1) is 15.9. The van der Waals surface area contributed by atoms with Crippen LogP contribution < -0.4 is 11.1 Å². The van der Waals surface area contributed by atoms with E-state index in [1.165, 1.54) is 19.3 Å². The molecule has 108 valence electrons. The summed E-state index contributed by atoms with van der Waals surface area (Å²) in [5.74, 6) is 0.766. The number of nitrogens with one attached hydrogen (secondary N) is 1. The predicted molar refractivity (Wildman–Crippen MR) is 77.7 cm³/mol. The molecule has 0 aromatic carbocycles. The minimum absolute atomic E-state index is 0.291. The van der Waals surface area contributed by atoms with Gasteiger partial charge in [-0.05, 0) is 51.6 Å². The van der Waals surface area contributed by atoms with Crippen LogP contribution in [0.4, 0.5) is 0 Å². The Labute approximate surface area is 113 Å². The molecule has 0 heterocycles. The highest BCUT2D eigenvalue weighted by Crippen LogP contribution is 2.42. The maximum absolute atomic E-state index is 5.75. The van der Waals surface area contributed by atoms with Crippen LogP contribution in [0.1, 0.15) is 53.4 Å². The van der Waals surface area contributed by atoms with Crippen molar-refractivity contribution in [2.75, 3.05) is 19.7 Å². The van der Waals surface area contributed by atoms with Gasteiger partial charge in [0.2, 0.25) is 0 Å². The van der Waals surface area contributed by atoms with Crippen molar-refractivity contribution in [3.05, 3.63) is 0 Å². The highest BCUT2D eigenvalue weighted by atomic mass is 16.5. The molecule has 1 fully saturated rings. The normalized spacial score (nSPS) is 27.8. The quantitative estimate of drug-likeness (QED) is 0.623. The zero-order chi connectivity index (χ0) is 13.6. The van der Waals surface area contributed by atoms with Crippen molar-refractivity contribution in [2.24, 2.45) is 17.1 Å². The first-order valence-corrected chi connectivity index (χ1v) is 7.57. The van der Waals surface area contributed by atoms with E-state index in [0.29, 0.717) is 17.6 Å². The molecule has 0 radical (unpaired) electrons. The highest BCUT2D eigenvalue weighted by Gasteiger charge is 2.48. The van der Waals surface area contributed by atoms with Crippen LogP contribution in [-0.4, -0.2) is 31.8 Å². The molecule has 3 nitrogen and oxygen atoms in total. The molecule has 1 aliphatic rings. The topological polar surface area (TPSA) is 47.3 Å². The zero-order valence-electron chi connectivity index (χ0n) is 12.7. The van der Waals surface area contributed by atoms with Gasteiger partial charge >= 0.3 is 0 Å². The molecule has 0 aliphatic heterocycles. The Hall–Kier alpha value is -0.120. The van der Waals surface area contributed by atoms with Crippen molar-refractivity contribution >= 4 is 0 Å². The SMILES string of the molecule is CCOC1CC(NCCCC(C)CCN)C1(C)C. The maximum Gasteiger partial charge on any atom is 0.0655 e. The Morgan fingerprint density at radius 2 is 2.11 bits per heavy atom. The number of hydrogen-bond donors (Lipinski definition) is 2. The molecule has 3 heteroatoms. The first-order valence-electron chi connectivity index (χ1n) is 7.57. The second kappa shape index (κ2) is 7.46. The molecule has 3 unspecified atom stereocenters. The summed E-state index contributed by atoms with van der Waals surface area (Å²) >= 11 is 0. The number of nitrogens with two attached hydrogens (primary N) is 1. The third-order valence-electron chi connectivity index (χ3n) is 4.47. The lowest BCUT2D eigenvalue weighted by Crippen LogP contribution is -2.61. The summed E-state index contributed by atoms with van der Waals surface area (Å²) in [6.45, 7) is 11.8. The molecular formula is C15H32N2O. The van der Waals surface area contributed by atoms with E-state index in [1.54, 1.807) is 0 Å². The van der Waals surface area contributed by atoms with Gasteiger partial charge in [0.1, 0.15) is 0 Å². The number of ether oxygens (including phenoxy) is 1. The summed E-state index contributed by atoms with van der Waals surface area (Å²) in [7, 11) is 0. The molecule has 0 saturated heterocycles. The van der Waals surface area contributed by atoms with Gasteiger partial charge in [-0.1, -0.05) is 20.8 Å². The van der Waals surface area contributed by atoms with Crippen LogP contribution in [-0.2, 0) is 4.74 Å². The highest BCUT2D eigenvalue weighted by molar-refractivity contribution is 5.02. The van der Waals surface area contributed by atoms with Gasteiger partial charge in [0.05, 0.1) is 6.10 Å². The molecule has 0 amide bonds. The lowest BCUT2D eigenvalue weighted by Gasteiger charge is -2.52. The third-order valence-corrected chi connectivity index (χ3v) is 4.47. The average molecular weight is 256 g/mol. The fourth-order valence-electron chi connectivity index (χ4n) is 2.87. The Morgan fingerprint density at radius 1 is 1.39 bits per heavy atom. The van der Waals surface area contributed by atoms with Gasteiger partial charge in [-0.15, -0.1) is 0 Å². The maximum atomic E-state index is 5.75. The summed E-state index contributed by atoms with van der Waals surface area (Å²) in [5, 5.41) is 3.68.